The second-order valence-corrected chi connectivity index (χ2v) is 8.56. The molecule has 1 aliphatic carbocycles. The lowest BCUT2D eigenvalue weighted by molar-refractivity contribution is -0.189. The molecule has 0 aromatic heterocycles. The summed E-state index contributed by atoms with van der Waals surface area (Å²) < 4.78 is 30.1. The predicted molar refractivity (Wildman–Crippen MR) is 106 cm³/mol. The van der Waals surface area contributed by atoms with Gasteiger partial charge in [-0.2, -0.15) is 8.42 Å². The molecule has 3 aromatic rings. The van der Waals surface area contributed by atoms with Gasteiger partial charge in [0, 0.05) is 10.9 Å². The molecule has 28 heavy (non-hydrogen) atoms. The van der Waals surface area contributed by atoms with Crippen LogP contribution in [0.15, 0.2) is 65.6 Å². The van der Waals surface area contributed by atoms with Crippen molar-refractivity contribution in [2.45, 2.75) is 30.6 Å². The van der Waals surface area contributed by atoms with Crippen molar-refractivity contribution in [3.63, 3.8) is 0 Å². The molecule has 0 heterocycles. The average Bonchev–Trinajstić information content (AvgIpc) is 2.95. The topological polar surface area (TPSA) is 69.7 Å². The third-order valence-corrected chi connectivity index (χ3v) is 6.66. The Bertz CT molecular complexity index is 1140. The van der Waals surface area contributed by atoms with Gasteiger partial charge in [-0.05, 0) is 34.4 Å². The van der Waals surface area contributed by atoms with Crippen molar-refractivity contribution >= 4 is 26.7 Å². The molecule has 0 radical (unpaired) electrons. The van der Waals surface area contributed by atoms with E-state index in [0.29, 0.717) is 22.8 Å². The zero-order chi connectivity index (χ0) is 19.9. The molecule has 144 valence electrons. The van der Waals surface area contributed by atoms with E-state index in [1.807, 2.05) is 18.2 Å². The summed E-state index contributed by atoms with van der Waals surface area (Å²) in [6, 6.07) is 17.5. The van der Waals surface area contributed by atoms with Crippen LogP contribution in [0.1, 0.15) is 47.2 Å². The summed E-state index contributed by atoms with van der Waals surface area (Å²) in [5, 5.41) is 1.58. The number of hydrogen-bond acceptors (Lipinski definition) is 5. The maximum absolute atomic E-state index is 12.7. The smallest absolute Gasteiger partial charge is 0.291 e. The van der Waals surface area contributed by atoms with Gasteiger partial charge in [-0.15, -0.1) is 4.33 Å². The van der Waals surface area contributed by atoms with Crippen LogP contribution in [-0.4, -0.2) is 20.8 Å². The van der Waals surface area contributed by atoms with Crippen LogP contribution in [0.4, 0.5) is 0 Å². The maximum atomic E-state index is 12.7. The Morgan fingerprint density at radius 3 is 2.29 bits per heavy atom. The van der Waals surface area contributed by atoms with Gasteiger partial charge in [0.25, 0.3) is 0 Å². The van der Waals surface area contributed by atoms with E-state index in [2.05, 4.69) is 13.8 Å². The largest absolute Gasteiger partial charge is 0.323 e. The van der Waals surface area contributed by atoms with E-state index in [-0.39, 0.29) is 10.7 Å². The molecule has 0 spiro atoms. The molecule has 0 amide bonds. The number of carbonyl (C=O) groups excluding carboxylic acids is 1. The van der Waals surface area contributed by atoms with Crippen molar-refractivity contribution in [2.24, 2.45) is 0 Å². The van der Waals surface area contributed by atoms with Gasteiger partial charge in [0.15, 0.2) is 5.78 Å². The lowest BCUT2D eigenvalue weighted by Crippen LogP contribution is -2.14. The Morgan fingerprint density at radius 2 is 1.57 bits per heavy atom. The van der Waals surface area contributed by atoms with E-state index in [9.17, 15) is 13.2 Å². The monoisotopic (exact) mass is 396 g/mol. The summed E-state index contributed by atoms with van der Waals surface area (Å²) in [6.07, 6.45) is 0. The van der Waals surface area contributed by atoms with Crippen LogP contribution in [0.2, 0.25) is 0 Å². The summed E-state index contributed by atoms with van der Waals surface area (Å²) in [6.45, 7) is 3.80. The van der Waals surface area contributed by atoms with Crippen LogP contribution in [0, 0.1) is 0 Å². The van der Waals surface area contributed by atoms with Crippen molar-refractivity contribution in [1.82, 2.24) is 0 Å². The van der Waals surface area contributed by atoms with Gasteiger partial charge in [-0.1, -0.05) is 68.4 Å². The number of ketones is 1. The van der Waals surface area contributed by atoms with Crippen LogP contribution < -0.4 is 0 Å². The Kier molecular flexibility index (Phi) is 4.79. The first-order valence-corrected chi connectivity index (χ1v) is 10.5. The predicted octanol–water partition coefficient (Wildman–Crippen LogP) is 4.58. The van der Waals surface area contributed by atoms with E-state index in [1.165, 1.54) is 0 Å². The Morgan fingerprint density at radius 1 is 0.893 bits per heavy atom. The fraction of sp³-hybridized carbons (Fsp3) is 0.227. The molecule has 1 aliphatic rings. The fourth-order valence-electron chi connectivity index (χ4n) is 3.84. The highest BCUT2D eigenvalue weighted by atomic mass is 32.2. The first kappa shape index (κ1) is 18.8. The number of benzene rings is 3. The third-order valence-electron chi connectivity index (χ3n) is 5.49. The van der Waals surface area contributed by atoms with E-state index < -0.39 is 16.7 Å². The van der Waals surface area contributed by atoms with Crippen molar-refractivity contribution in [3.05, 3.63) is 77.4 Å². The molecule has 0 aliphatic heterocycles. The van der Waals surface area contributed by atoms with Gasteiger partial charge < -0.3 is 0 Å². The van der Waals surface area contributed by atoms with E-state index in [4.69, 9.17) is 9.22 Å². The highest BCUT2D eigenvalue weighted by molar-refractivity contribution is 7.86. The van der Waals surface area contributed by atoms with Crippen molar-refractivity contribution in [2.75, 3.05) is 6.61 Å². The van der Waals surface area contributed by atoms with Gasteiger partial charge >= 0.3 is 10.1 Å². The van der Waals surface area contributed by atoms with Crippen molar-refractivity contribution in [3.8, 4) is 0 Å². The summed E-state index contributed by atoms with van der Waals surface area (Å²) in [5.41, 5.74) is 2.70. The molecule has 4 rings (SSSR count). The van der Waals surface area contributed by atoms with E-state index >= 15 is 0 Å². The Hall–Kier alpha value is -2.54. The zero-order valence-corrected chi connectivity index (χ0v) is 16.4. The number of carbonyl (C=O) groups is 1. The quantitative estimate of drug-likeness (QED) is 0.346. The number of Topliss-reactive ketones (excluding diaryl/α,β-unsaturated/α-hetero) is 1. The van der Waals surface area contributed by atoms with Gasteiger partial charge in [-0.3, -0.25) is 4.79 Å². The highest BCUT2D eigenvalue weighted by Gasteiger charge is 2.31. The fourth-order valence-corrected chi connectivity index (χ4v) is 4.76. The molecule has 0 saturated carbocycles. The first-order valence-electron chi connectivity index (χ1n) is 9.10. The van der Waals surface area contributed by atoms with Crippen molar-refractivity contribution < 1.29 is 22.4 Å². The first-order chi connectivity index (χ1) is 13.4. The van der Waals surface area contributed by atoms with Crippen LogP contribution in [0.25, 0.3) is 10.8 Å². The molecule has 6 heteroatoms. The lowest BCUT2D eigenvalue weighted by atomic mass is 9.94. The molecule has 2 unspecified atom stereocenters. The minimum absolute atomic E-state index is 0.0431. The normalized spacial score (nSPS) is 18.5. The summed E-state index contributed by atoms with van der Waals surface area (Å²) in [7, 11) is -4.18. The van der Waals surface area contributed by atoms with E-state index in [0.717, 1.165) is 16.5 Å². The number of rotatable bonds is 6. The third kappa shape index (κ3) is 3.13. The Balaban J connectivity index is 1.59. The minimum Gasteiger partial charge on any atom is -0.291 e. The van der Waals surface area contributed by atoms with Crippen LogP contribution >= 0.6 is 0 Å². The SMILES string of the molecule is CC1c2cccc3c(S(=O)(=O)OOCC(=O)c4ccccc4)ccc(c23)C1C. The van der Waals surface area contributed by atoms with Crippen molar-refractivity contribution in [1.29, 1.82) is 0 Å². The molecular weight excluding hydrogens is 376 g/mol. The second kappa shape index (κ2) is 7.13. The molecule has 0 fully saturated rings. The molecule has 2 atom stereocenters. The standard InChI is InChI=1S/C22H20O5S/c1-14-15(2)18-11-12-21(19-10-6-9-17(14)22(18)19)28(24,25)27-26-13-20(23)16-7-4-3-5-8-16/h3-12,14-15H,13H2,1-2H3. The molecule has 0 saturated heterocycles. The zero-order valence-electron chi connectivity index (χ0n) is 15.6. The molecular formula is C22H20O5S. The van der Waals surface area contributed by atoms with Crippen LogP contribution in [0.3, 0.4) is 0 Å². The van der Waals surface area contributed by atoms with Crippen LogP contribution in [-0.2, 0) is 19.3 Å². The van der Waals surface area contributed by atoms with Gasteiger partial charge in [0.05, 0.1) is 0 Å². The van der Waals surface area contributed by atoms with Gasteiger partial charge in [0.2, 0.25) is 0 Å². The number of hydrogen-bond donors (Lipinski definition) is 0. The summed E-state index contributed by atoms with van der Waals surface area (Å²) in [5.74, 6) is 0.272. The molecule has 5 nitrogen and oxygen atoms in total. The minimum atomic E-state index is -4.18. The lowest BCUT2D eigenvalue weighted by Gasteiger charge is -2.11. The second-order valence-electron chi connectivity index (χ2n) is 7.07. The van der Waals surface area contributed by atoms with Crippen LogP contribution in [0.5, 0.6) is 0 Å². The molecule has 0 bridgehead atoms. The average molecular weight is 396 g/mol. The van der Waals surface area contributed by atoms with Gasteiger partial charge in [-0.25, -0.2) is 4.89 Å². The Labute approximate surface area is 164 Å². The summed E-state index contributed by atoms with van der Waals surface area (Å²) in [4.78, 5) is 16.9. The molecule has 3 aromatic carbocycles. The van der Waals surface area contributed by atoms with Gasteiger partial charge in [0.1, 0.15) is 11.5 Å². The maximum Gasteiger partial charge on any atom is 0.323 e. The molecule has 0 N–H and O–H groups in total. The summed E-state index contributed by atoms with van der Waals surface area (Å²) >= 11 is 0. The highest BCUT2D eigenvalue weighted by Crippen LogP contribution is 2.47. The van der Waals surface area contributed by atoms with E-state index in [1.54, 1.807) is 42.5 Å².